The van der Waals surface area contributed by atoms with Crippen LogP contribution in [0, 0.1) is 5.92 Å². The van der Waals surface area contributed by atoms with E-state index in [1.54, 1.807) is 4.57 Å². The van der Waals surface area contributed by atoms with Crippen LogP contribution in [0.5, 0.6) is 0 Å². The third-order valence-corrected chi connectivity index (χ3v) is 6.40. The number of nitrogens with one attached hydrogen (secondary N) is 1. The first-order valence-corrected chi connectivity index (χ1v) is 12.6. The lowest BCUT2D eigenvalue weighted by Gasteiger charge is -2.33. The summed E-state index contributed by atoms with van der Waals surface area (Å²) in [5.41, 5.74) is 1.02. The van der Waals surface area contributed by atoms with Gasteiger partial charge in [-0.2, -0.15) is 0 Å². The molecule has 1 aromatic carbocycles. The number of carbonyl (C=O) groups excluding carboxylic acids is 1. The van der Waals surface area contributed by atoms with E-state index in [0.717, 1.165) is 18.4 Å². The van der Waals surface area contributed by atoms with Crippen LogP contribution in [-0.4, -0.2) is 49.6 Å². The Balaban J connectivity index is 1.57. The standard InChI is InChI=1S/C26H35N5O4/c1-4-5-13-30-24-23(25(33)28-26(30)34)31(16-18(2)3)21(27-24)11-12-22(32)29-14-15-35-20(17-29)19-9-7-6-8-10-19/h6-10,18,20H,4-5,11-17H2,1-3H3,(H,28,33,34)/t20-/m0/s1. The number of amides is 1. The van der Waals surface area contributed by atoms with Crippen LogP contribution in [0.1, 0.15) is 57.5 Å². The van der Waals surface area contributed by atoms with Crippen molar-refractivity contribution < 1.29 is 9.53 Å². The maximum atomic E-state index is 13.1. The van der Waals surface area contributed by atoms with E-state index in [0.29, 0.717) is 56.2 Å². The molecule has 9 nitrogen and oxygen atoms in total. The number of aryl methyl sites for hydroxylation is 2. The van der Waals surface area contributed by atoms with E-state index in [-0.39, 0.29) is 24.3 Å². The Kier molecular flexibility index (Phi) is 7.85. The molecule has 0 unspecified atom stereocenters. The molecule has 0 saturated carbocycles. The second-order valence-electron chi connectivity index (χ2n) is 9.58. The van der Waals surface area contributed by atoms with Crippen molar-refractivity contribution in [2.24, 2.45) is 5.92 Å². The van der Waals surface area contributed by atoms with Gasteiger partial charge in [0.05, 0.1) is 13.2 Å². The minimum absolute atomic E-state index is 0.0367. The molecule has 4 rings (SSSR count). The number of imidazole rings is 1. The second-order valence-corrected chi connectivity index (χ2v) is 9.58. The van der Waals surface area contributed by atoms with Gasteiger partial charge in [0.2, 0.25) is 5.91 Å². The Bertz CT molecular complexity index is 1270. The fourth-order valence-electron chi connectivity index (χ4n) is 4.62. The fraction of sp³-hybridized carbons (Fsp3) is 0.538. The molecule has 3 heterocycles. The number of carbonyl (C=O) groups is 1. The fourth-order valence-corrected chi connectivity index (χ4v) is 4.62. The monoisotopic (exact) mass is 481 g/mol. The number of unbranched alkanes of at least 4 members (excludes halogenated alkanes) is 1. The van der Waals surface area contributed by atoms with E-state index in [1.165, 1.54) is 0 Å². The minimum atomic E-state index is -0.437. The number of rotatable bonds is 9. The van der Waals surface area contributed by atoms with Crippen LogP contribution >= 0.6 is 0 Å². The average Bonchev–Trinajstić information content (AvgIpc) is 3.20. The summed E-state index contributed by atoms with van der Waals surface area (Å²) in [6.07, 6.45) is 2.27. The van der Waals surface area contributed by atoms with Crippen molar-refractivity contribution in [3.05, 3.63) is 62.6 Å². The first-order valence-electron chi connectivity index (χ1n) is 12.6. The van der Waals surface area contributed by atoms with Crippen LogP contribution in [-0.2, 0) is 29.0 Å². The number of hydrogen-bond donors (Lipinski definition) is 1. The van der Waals surface area contributed by atoms with Crippen molar-refractivity contribution in [2.75, 3.05) is 19.7 Å². The molecule has 1 N–H and O–H groups in total. The molecular formula is C26H35N5O4. The van der Waals surface area contributed by atoms with Gasteiger partial charge in [-0.15, -0.1) is 0 Å². The molecule has 2 aromatic heterocycles. The number of aromatic nitrogens is 4. The molecule has 1 amide bonds. The van der Waals surface area contributed by atoms with E-state index in [2.05, 4.69) is 25.8 Å². The van der Waals surface area contributed by atoms with Gasteiger partial charge in [-0.1, -0.05) is 57.5 Å². The number of benzene rings is 1. The van der Waals surface area contributed by atoms with Crippen molar-refractivity contribution in [1.82, 2.24) is 24.0 Å². The van der Waals surface area contributed by atoms with Gasteiger partial charge in [0.1, 0.15) is 11.9 Å². The molecule has 35 heavy (non-hydrogen) atoms. The SMILES string of the molecule is CCCCn1c(=O)[nH]c(=O)c2c1nc(CCC(=O)N1CCO[C@H](c3ccccc3)C1)n2CC(C)C. The zero-order valence-electron chi connectivity index (χ0n) is 20.8. The van der Waals surface area contributed by atoms with Gasteiger partial charge < -0.3 is 14.2 Å². The maximum Gasteiger partial charge on any atom is 0.330 e. The van der Waals surface area contributed by atoms with E-state index in [9.17, 15) is 14.4 Å². The molecule has 0 aliphatic carbocycles. The summed E-state index contributed by atoms with van der Waals surface area (Å²) >= 11 is 0. The summed E-state index contributed by atoms with van der Waals surface area (Å²) in [6.45, 7) is 8.84. The van der Waals surface area contributed by atoms with E-state index < -0.39 is 11.2 Å². The zero-order chi connectivity index (χ0) is 24.9. The van der Waals surface area contributed by atoms with Crippen molar-refractivity contribution in [1.29, 1.82) is 0 Å². The third kappa shape index (κ3) is 5.56. The van der Waals surface area contributed by atoms with Crippen LogP contribution in [0.25, 0.3) is 11.2 Å². The Morgan fingerprint density at radius 1 is 1.20 bits per heavy atom. The van der Waals surface area contributed by atoms with Crippen molar-refractivity contribution >= 4 is 17.1 Å². The lowest BCUT2D eigenvalue weighted by atomic mass is 10.1. The van der Waals surface area contributed by atoms with Gasteiger partial charge in [0, 0.05) is 32.5 Å². The van der Waals surface area contributed by atoms with Gasteiger partial charge in [0.25, 0.3) is 5.56 Å². The number of ether oxygens (including phenoxy) is 1. The van der Waals surface area contributed by atoms with Crippen LogP contribution < -0.4 is 11.2 Å². The van der Waals surface area contributed by atoms with Gasteiger partial charge in [-0.3, -0.25) is 19.1 Å². The van der Waals surface area contributed by atoms with Gasteiger partial charge in [-0.25, -0.2) is 9.78 Å². The molecule has 0 radical (unpaired) electrons. The molecule has 188 valence electrons. The molecule has 0 bridgehead atoms. The maximum absolute atomic E-state index is 13.1. The minimum Gasteiger partial charge on any atom is -0.370 e. The Labute approximate surface area is 204 Å². The quantitative estimate of drug-likeness (QED) is 0.506. The highest BCUT2D eigenvalue weighted by Gasteiger charge is 2.26. The second kappa shape index (κ2) is 11.0. The van der Waals surface area contributed by atoms with E-state index in [4.69, 9.17) is 9.72 Å². The first kappa shape index (κ1) is 24.9. The summed E-state index contributed by atoms with van der Waals surface area (Å²) in [6, 6.07) is 9.94. The number of H-pyrrole nitrogens is 1. The van der Waals surface area contributed by atoms with Crippen LogP contribution in [0.15, 0.2) is 39.9 Å². The van der Waals surface area contributed by atoms with Gasteiger partial charge in [0.15, 0.2) is 11.2 Å². The number of aromatic amines is 1. The summed E-state index contributed by atoms with van der Waals surface area (Å²) in [5, 5.41) is 0. The Morgan fingerprint density at radius 3 is 2.69 bits per heavy atom. The summed E-state index contributed by atoms with van der Waals surface area (Å²) in [5.74, 6) is 0.967. The number of hydrogen-bond acceptors (Lipinski definition) is 5. The Morgan fingerprint density at radius 2 is 1.97 bits per heavy atom. The predicted octanol–water partition coefficient (Wildman–Crippen LogP) is 2.88. The molecular weight excluding hydrogens is 446 g/mol. The van der Waals surface area contributed by atoms with Gasteiger partial charge >= 0.3 is 5.69 Å². The summed E-state index contributed by atoms with van der Waals surface area (Å²) in [7, 11) is 0. The molecule has 9 heteroatoms. The normalized spacial score (nSPS) is 16.3. The molecule has 0 spiro atoms. The topological polar surface area (TPSA) is 102 Å². The van der Waals surface area contributed by atoms with Crippen LogP contribution in [0.4, 0.5) is 0 Å². The van der Waals surface area contributed by atoms with Crippen molar-refractivity contribution in [2.45, 2.75) is 65.6 Å². The smallest absolute Gasteiger partial charge is 0.330 e. The largest absolute Gasteiger partial charge is 0.370 e. The molecule has 1 aliphatic heterocycles. The molecule has 1 fully saturated rings. The lowest BCUT2D eigenvalue weighted by Crippen LogP contribution is -2.42. The molecule has 1 aliphatic rings. The number of nitrogens with zero attached hydrogens (tertiary/aromatic N) is 4. The highest BCUT2D eigenvalue weighted by Crippen LogP contribution is 2.23. The van der Waals surface area contributed by atoms with E-state index >= 15 is 0 Å². The lowest BCUT2D eigenvalue weighted by molar-refractivity contribution is -0.139. The van der Waals surface area contributed by atoms with Gasteiger partial charge in [-0.05, 0) is 17.9 Å². The summed E-state index contributed by atoms with van der Waals surface area (Å²) < 4.78 is 9.34. The van der Waals surface area contributed by atoms with Crippen LogP contribution in [0.3, 0.4) is 0 Å². The van der Waals surface area contributed by atoms with Crippen LogP contribution in [0.2, 0.25) is 0 Å². The Hall–Kier alpha value is -3.20. The summed E-state index contributed by atoms with van der Waals surface area (Å²) in [4.78, 5) is 47.5. The molecule has 1 atom stereocenters. The van der Waals surface area contributed by atoms with Crippen molar-refractivity contribution in [3.8, 4) is 0 Å². The third-order valence-electron chi connectivity index (χ3n) is 6.40. The average molecular weight is 482 g/mol. The highest BCUT2D eigenvalue weighted by molar-refractivity contribution is 5.77. The first-order chi connectivity index (χ1) is 16.9. The molecule has 3 aromatic rings. The predicted molar refractivity (Wildman–Crippen MR) is 134 cm³/mol. The highest BCUT2D eigenvalue weighted by atomic mass is 16.5. The van der Waals surface area contributed by atoms with Crippen molar-refractivity contribution in [3.63, 3.8) is 0 Å². The number of morpholine rings is 1. The zero-order valence-corrected chi connectivity index (χ0v) is 20.8. The number of fused-ring (bicyclic) bond motifs is 1. The van der Waals surface area contributed by atoms with E-state index in [1.807, 2.05) is 39.8 Å². The molecule has 1 saturated heterocycles.